The van der Waals surface area contributed by atoms with Crippen LogP contribution in [0, 0.1) is 11.8 Å². The first-order chi connectivity index (χ1) is 3.38. The van der Waals surface area contributed by atoms with Crippen LogP contribution in [0.25, 0.3) is 0 Å². The highest BCUT2D eigenvalue weighted by molar-refractivity contribution is 8.06. The summed E-state index contributed by atoms with van der Waals surface area (Å²) in [7, 11) is 0. The molecule has 1 heteroatoms. The highest BCUT2D eigenvalue weighted by Crippen LogP contribution is 2.52. The second kappa shape index (κ2) is 1.19. The van der Waals surface area contributed by atoms with E-state index >= 15 is 0 Å². The maximum absolute atomic E-state index is 2.36. The number of hydrogen-bond donors (Lipinski definition) is 0. The lowest BCUT2D eigenvalue weighted by molar-refractivity contribution is 0.782. The molecule has 7 heavy (non-hydrogen) atoms. The van der Waals surface area contributed by atoms with Crippen molar-refractivity contribution in [3.8, 4) is 0 Å². The largest absolute Gasteiger partial charge is 0.156 e. The van der Waals surface area contributed by atoms with Crippen LogP contribution in [0.1, 0.15) is 13.3 Å². The minimum atomic E-state index is 1.08. The Morgan fingerprint density at radius 2 is 2.14 bits per heavy atom. The van der Waals surface area contributed by atoms with E-state index < -0.39 is 0 Å². The van der Waals surface area contributed by atoms with Crippen LogP contribution in [0.4, 0.5) is 0 Å². The molecule has 0 aromatic heterocycles. The summed E-state index contributed by atoms with van der Waals surface area (Å²) in [4.78, 5) is 0. The van der Waals surface area contributed by atoms with E-state index in [4.69, 9.17) is 0 Å². The van der Waals surface area contributed by atoms with Crippen LogP contribution in [-0.2, 0) is 0 Å². The minimum absolute atomic E-state index is 1.08. The van der Waals surface area contributed by atoms with Gasteiger partial charge in [0.05, 0.1) is 0 Å². The molecule has 2 fully saturated rings. The van der Waals surface area contributed by atoms with Gasteiger partial charge in [-0.05, 0) is 18.3 Å². The topological polar surface area (TPSA) is 0 Å². The Bertz CT molecular complexity index is 86.2. The van der Waals surface area contributed by atoms with Gasteiger partial charge in [-0.1, -0.05) is 6.92 Å². The molecule has 3 atom stereocenters. The van der Waals surface area contributed by atoms with Crippen LogP contribution in [0.5, 0.6) is 0 Å². The van der Waals surface area contributed by atoms with E-state index in [2.05, 4.69) is 18.7 Å². The van der Waals surface area contributed by atoms with Crippen molar-refractivity contribution >= 4 is 11.8 Å². The van der Waals surface area contributed by atoms with Gasteiger partial charge in [-0.25, -0.2) is 0 Å². The molecule has 1 aliphatic heterocycles. The average molecular weight is 114 g/mol. The summed E-state index contributed by atoms with van der Waals surface area (Å²) in [5, 5.41) is 1.11. The Morgan fingerprint density at radius 1 is 1.57 bits per heavy atom. The van der Waals surface area contributed by atoms with E-state index in [9.17, 15) is 0 Å². The molecule has 0 spiro atoms. The molecule has 2 aliphatic rings. The molecular weight excluding hydrogens is 104 g/mol. The van der Waals surface area contributed by atoms with E-state index in [1.54, 1.807) is 0 Å². The van der Waals surface area contributed by atoms with Crippen molar-refractivity contribution in [2.24, 2.45) is 11.8 Å². The third-order valence-corrected chi connectivity index (χ3v) is 3.08. The molecule has 1 saturated heterocycles. The average Bonchev–Trinajstić information content (AvgIpc) is 2.23. The molecule has 1 heterocycles. The Hall–Kier alpha value is 0.350. The fraction of sp³-hybridized carbons (Fsp3) is 1.00. The molecule has 1 aliphatic carbocycles. The maximum atomic E-state index is 2.36. The molecule has 1 saturated carbocycles. The summed E-state index contributed by atoms with van der Waals surface area (Å²) >= 11 is 2.14. The zero-order chi connectivity index (χ0) is 4.85. The van der Waals surface area contributed by atoms with Gasteiger partial charge in [0.15, 0.2) is 0 Å². The second-order valence-corrected chi connectivity index (χ2v) is 4.02. The van der Waals surface area contributed by atoms with Gasteiger partial charge in [0.25, 0.3) is 0 Å². The Morgan fingerprint density at radius 3 is 2.29 bits per heavy atom. The lowest BCUT2D eigenvalue weighted by Gasteiger charge is -1.81. The number of rotatable bonds is 1. The molecular formula is C6H10S. The first kappa shape index (κ1) is 4.25. The van der Waals surface area contributed by atoms with Gasteiger partial charge in [0.1, 0.15) is 0 Å². The fourth-order valence-corrected chi connectivity index (χ4v) is 2.16. The summed E-state index contributed by atoms with van der Waals surface area (Å²) in [6, 6.07) is 0. The molecule has 0 N–H and O–H groups in total. The summed E-state index contributed by atoms with van der Waals surface area (Å²) < 4.78 is 0. The summed E-state index contributed by atoms with van der Waals surface area (Å²) in [5.41, 5.74) is 0. The first-order valence-electron chi connectivity index (χ1n) is 2.99. The van der Waals surface area contributed by atoms with Gasteiger partial charge in [0, 0.05) is 11.0 Å². The zero-order valence-corrected chi connectivity index (χ0v) is 5.37. The molecule has 3 unspecified atom stereocenters. The van der Waals surface area contributed by atoms with E-state index in [-0.39, 0.29) is 0 Å². The smallest absolute Gasteiger partial charge is 0.0169 e. The molecule has 0 aromatic carbocycles. The third kappa shape index (κ3) is 0.674. The van der Waals surface area contributed by atoms with Gasteiger partial charge < -0.3 is 0 Å². The molecule has 2 rings (SSSR count). The van der Waals surface area contributed by atoms with Crippen LogP contribution < -0.4 is 0 Å². The molecule has 40 valence electrons. The lowest BCUT2D eigenvalue weighted by Crippen LogP contribution is -1.85. The van der Waals surface area contributed by atoms with Gasteiger partial charge in [0.2, 0.25) is 0 Å². The summed E-state index contributed by atoms with van der Waals surface area (Å²) in [6.45, 7) is 2.36. The minimum Gasteiger partial charge on any atom is -0.156 e. The van der Waals surface area contributed by atoms with Crippen LogP contribution in [0.3, 0.4) is 0 Å². The monoisotopic (exact) mass is 114 g/mol. The fourth-order valence-electron chi connectivity index (χ4n) is 1.17. The van der Waals surface area contributed by atoms with Gasteiger partial charge in [-0.3, -0.25) is 0 Å². The van der Waals surface area contributed by atoms with Crippen molar-refractivity contribution < 1.29 is 0 Å². The third-order valence-electron chi connectivity index (χ3n) is 2.01. The first-order valence-corrected chi connectivity index (χ1v) is 4.04. The van der Waals surface area contributed by atoms with Crippen molar-refractivity contribution in [3.05, 3.63) is 0 Å². The van der Waals surface area contributed by atoms with Crippen molar-refractivity contribution in [2.75, 3.05) is 5.75 Å². The molecule has 0 bridgehead atoms. The predicted octanol–water partition coefficient (Wildman–Crippen LogP) is 1.76. The SMILES string of the molecule is CC1CC1C1CS1. The van der Waals surface area contributed by atoms with Crippen LogP contribution in [0.2, 0.25) is 0 Å². The Labute approximate surface area is 48.7 Å². The number of hydrogen-bond acceptors (Lipinski definition) is 1. The molecule has 0 amide bonds. The lowest BCUT2D eigenvalue weighted by atomic mass is 10.3. The van der Waals surface area contributed by atoms with E-state index in [0.29, 0.717) is 0 Å². The van der Waals surface area contributed by atoms with Crippen molar-refractivity contribution in [2.45, 2.75) is 18.6 Å². The Balaban J connectivity index is 1.88. The van der Waals surface area contributed by atoms with Crippen LogP contribution in [-0.4, -0.2) is 11.0 Å². The standard InChI is InChI=1S/C6H10S/c1-4-2-5(4)6-3-7-6/h4-6H,2-3H2,1H3. The second-order valence-electron chi connectivity index (χ2n) is 2.75. The van der Waals surface area contributed by atoms with Crippen molar-refractivity contribution in [1.82, 2.24) is 0 Å². The van der Waals surface area contributed by atoms with Crippen LogP contribution >= 0.6 is 11.8 Å². The zero-order valence-electron chi connectivity index (χ0n) is 4.55. The highest BCUT2D eigenvalue weighted by atomic mass is 32.2. The summed E-state index contributed by atoms with van der Waals surface area (Å²) in [5.74, 6) is 3.69. The van der Waals surface area contributed by atoms with E-state index in [0.717, 1.165) is 17.1 Å². The number of thioether (sulfide) groups is 1. The quantitative estimate of drug-likeness (QED) is 0.468. The molecule has 0 aromatic rings. The van der Waals surface area contributed by atoms with Gasteiger partial charge in [-0.15, -0.1) is 0 Å². The van der Waals surface area contributed by atoms with E-state index in [1.165, 1.54) is 12.2 Å². The van der Waals surface area contributed by atoms with Crippen molar-refractivity contribution in [3.63, 3.8) is 0 Å². The molecule has 0 radical (unpaired) electrons. The Kier molecular flexibility index (Phi) is 0.724. The maximum Gasteiger partial charge on any atom is 0.0169 e. The van der Waals surface area contributed by atoms with Crippen molar-refractivity contribution in [1.29, 1.82) is 0 Å². The van der Waals surface area contributed by atoms with E-state index in [1.807, 2.05) is 0 Å². The molecule has 0 nitrogen and oxygen atoms in total. The normalized spacial score (nSPS) is 57.0. The van der Waals surface area contributed by atoms with Gasteiger partial charge >= 0.3 is 0 Å². The highest BCUT2D eigenvalue weighted by Gasteiger charge is 2.45. The van der Waals surface area contributed by atoms with Gasteiger partial charge in [-0.2, -0.15) is 11.8 Å². The predicted molar refractivity (Wildman–Crippen MR) is 33.5 cm³/mol. The summed E-state index contributed by atoms with van der Waals surface area (Å²) in [6.07, 6.45) is 1.53. The van der Waals surface area contributed by atoms with Crippen LogP contribution in [0.15, 0.2) is 0 Å².